The molecule has 0 fully saturated rings. The van der Waals surface area contributed by atoms with Gasteiger partial charge in [-0.05, 0) is 25.3 Å². The quantitative estimate of drug-likeness (QED) is 0.544. The molecule has 1 N–H and O–H groups in total. The van der Waals surface area contributed by atoms with E-state index in [-0.39, 0.29) is 6.10 Å². The lowest BCUT2D eigenvalue weighted by Gasteiger charge is -2.05. The normalized spacial score (nSPS) is 27.9. The van der Waals surface area contributed by atoms with Crippen LogP contribution in [-0.2, 0) is 0 Å². The van der Waals surface area contributed by atoms with Gasteiger partial charge in [0.25, 0.3) is 0 Å². The molecule has 0 aromatic rings. The fourth-order valence-corrected chi connectivity index (χ4v) is 1.30. The summed E-state index contributed by atoms with van der Waals surface area (Å²) in [6, 6.07) is 0. The van der Waals surface area contributed by atoms with Crippen LogP contribution in [0.15, 0.2) is 12.2 Å². The molecule has 66 valence electrons. The molecule has 1 rings (SSSR count). The van der Waals surface area contributed by atoms with E-state index in [1.807, 2.05) is 12.2 Å². The van der Waals surface area contributed by atoms with Gasteiger partial charge in [0.05, 0.1) is 6.10 Å². The molecule has 1 aliphatic rings. The SMILES string of the molecule is OC1C/C=C/C#CCCCCC1. The fraction of sp³-hybridized carbons (Fsp3) is 0.636. The van der Waals surface area contributed by atoms with E-state index < -0.39 is 0 Å². The second-order valence-corrected chi connectivity index (χ2v) is 3.21. The van der Waals surface area contributed by atoms with Crippen LogP contribution in [0.2, 0.25) is 0 Å². The number of hydrogen-bond donors (Lipinski definition) is 1. The summed E-state index contributed by atoms with van der Waals surface area (Å²) in [4.78, 5) is 0. The molecule has 1 aliphatic carbocycles. The van der Waals surface area contributed by atoms with E-state index >= 15 is 0 Å². The Morgan fingerprint density at radius 3 is 3.08 bits per heavy atom. The Labute approximate surface area is 74.5 Å². The van der Waals surface area contributed by atoms with Crippen LogP contribution in [0.4, 0.5) is 0 Å². The van der Waals surface area contributed by atoms with Crippen LogP contribution in [-0.4, -0.2) is 11.2 Å². The zero-order valence-corrected chi connectivity index (χ0v) is 7.42. The van der Waals surface area contributed by atoms with Crippen molar-refractivity contribution in [2.45, 2.75) is 44.6 Å². The Morgan fingerprint density at radius 1 is 1.25 bits per heavy atom. The highest BCUT2D eigenvalue weighted by atomic mass is 16.3. The monoisotopic (exact) mass is 164 g/mol. The average molecular weight is 164 g/mol. The summed E-state index contributed by atoms with van der Waals surface area (Å²) in [6.45, 7) is 0. The predicted octanol–water partition coefficient (Wildman–Crippen LogP) is 2.26. The number of aliphatic hydroxyl groups excluding tert-OH is 1. The third-order valence-corrected chi connectivity index (χ3v) is 2.05. The molecule has 0 spiro atoms. The maximum atomic E-state index is 9.42. The summed E-state index contributed by atoms with van der Waals surface area (Å²) in [6.07, 6.45) is 9.87. The maximum Gasteiger partial charge on any atom is 0.0575 e. The molecule has 0 aromatic carbocycles. The van der Waals surface area contributed by atoms with E-state index in [2.05, 4.69) is 11.8 Å². The number of allylic oxidation sites excluding steroid dienone is 1. The molecule has 0 saturated carbocycles. The zero-order chi connectivity index (χ0) is 8.65. The molecule has 0 heterocycles. The van der Waals surface area contributed by atoms with Crippen LogP contribution >= 0.6 is 0 Å². The highest BCUT2D eigenvalue weighted by Crippen LogP contribution is 2.08. The van der Waals surface area contributed by atoms with Crippen molar-refractivity contribution in [2.24, 2.45) is 0 Å². The first-order valence-electron chi connectivity index (χ1n) is 4.71. The van der Waals surface area contributed by atoms with Crippen molar-refractivity contribution < 1.29 is 5.11 Å². The summed E-state index contributed by atoms with van der Waals surface area (Å²) < 4.78 is 0. The van der Waals surface area contributed by atoms with E-state index in [1.54, 1.807) is 0 Å². The Morgan fingerprint density at radius 2 is 2.17 bits per heavy atom. The van der Waals surface area contributed by atoms with E-state index in [9.17, 15) is 5.11 Å². The molecular formula is C11H16O. The first-order chi connectivity index (χ1) is 5.89. The van der Waals surface area contributed by atoms with Gasteiger partial charge in [0.1, 0.15) is 0 Å². The minimum atomic E-state index is -0.152. The first-order valence-corrected chi connectivity index (χ1v) is 4.71. The largest absolute Gasteiger partial charge is 0.393 e. The van der Waals surface area contributed by atoms with Gasteiger partial charge in [-0.15, -0.1) is 0 Å². The molecule has 1 heteroatoms. The Hall–Kier alpha value is -0.740. The molecule has 0 aliphatic heterocycles. The van der Waals surface area contributed by atoms with Gasteiger partial charge in [-0.3, -0.25) is 0 Å². The average Bonchev–Trinajstić information content (AvgIpc) is 2.11. The second-order valence-electron chi connectivity index (χ2n) is 3.21. The standard InChI is InChI=1S/C11H16O/c12-11-9-7-5-3-1-2-4-6-8-10-11/h6,8,11-12H,1,3,5,7,9-10H2/b8-6+. The predicted molar refractivity (Wildman–Crippen MR) is 50.6 cm³/mol. The molecule has 0 saturated heterocycles. The number of rotatable bonds is 0. The van der Waals surface area contributed by atoms with Crippen molar-refractivity contribution in [1.29, 1.82) is 0 Å². The fourth-order valence-electron chi connectivity index (χ4n) is 1.30. The summed E-state index contributed by atoms with van der Waals surface area (Å²) in [5.74, 6) is 6.04. The highest BCUT2D eigenvalue weighted by Gasteiger charge is 2.00. The van der Waals surface area contributed by atoms with Crippen molar-refractivity contribution in [3.8, 4) is 11.8 Å². The van der Waals surface area contributed by atoms with E-state index in [0.29, 0.717) is 0 Å². The van der Waals surface area contributed by atoms with Crippen molar-refractivity contribution in [2.75, 3.05) is 0 Å². The molecule has 0 radical (unpaired) electrons. The lowest BCUT2D eigenvalue weighted by atomic mass is 10.1. The lowest BCUT2D eigenvalue weighted by Crippen LogP contribution is -2.03. The summed E-state index contributed by atoms with van der Waals surface area (Å²) in [5.41, 5.74) is 0. The summed E-state index contributed by atoms with van der Waals surface area (Å²) in [7, 11) is 0. The first kappa shape index (κ1) is 9.35. The Balaban J connectivity index is 2.37. The molecule has 1 nitrogen and oxygen atoms in total. The lowest BCUT2D eigenvalue weighted by molar-refractivity contribution is 0.164. The van der Waals surface area contributed by atoms with Crippen LogP contribution in [0, 0.1) is 11.8 Å². The Kier molecular flexibility index (Phi) is 4.56. The van der Waals surface area contributed by atoms with Gasteiger partial charge in [-0.25, -0.2) is 0 Å². The molecule has 0 amide bonds. The molecular weight excluding hydrogens is 148 g/mol. The number of aliphatic hydroxyl groups is 1. The van der Waals surface area contributed by atoms with Crippen LogP contribution in [0.25, 0.3) is 0 Å². The van der Waals surface area contributed by atoms with Gasteiger partial charge in [-0.2, -0.15) is 0 Å². The minimum Gasteiger partial charge on any atom is -0.393 e. The van der Waals surface area contributed by atoms with Crippen LogP contribution in [0.1, 0.15) is 38.5 Å². The van der Waals surface area contributed by atoms with E-state index in [0.717, 1.165) is 25.7 Å². The number of hydrogen-bond acceptors (Lipinski definition) is 1. The maximum absolute atomic E-state index is 9.42. The topological polar surface area (TPSA) is 20.2 Å². The Bertz CT molecular complexity index is 195. The minimum absolute atomic E-state index is 0.152. The van der Waals surface area contributed by atoms with Gasteiger partial charge in [0.2, 0.25) is 0 Å². The van der Waals surface area contributed by atoms with Crippen LogP contribution in [0.5, 0.6) is 0 Å². The summed E-state index contributed by atoms with van der Waals surface area (Å²) in [5, 5.41) is 9.42. The van der Waals surface area contributed by atoms with E-state index in [4.69, 9.17) is 0 Å². The summed E-state index contributed by atoms with van der Waals surface area (Å²) >= 11 is 0. The van der Waals surface area contributed by atoms with Gasteiger partial charge >= 0.3 is 0 Å². The highest BCUT2D eigenvalue weighted by molar-refractivity contribution is 5.15. The third kappa shape index (κ3) is 4.20. The van der Waals surface area contributed by atoms with Crippen molar-refractivity contribution in [1.82, 2.24) is 0 Å². The molecule has 12 heavy (non-hydrogen) atoms. The van der Waals surface area contributed by atoms with Crippen molar-refractivity contribution in [3.05, 3.63) is 12.2 Å². The second kappa shape index (κ2) is 5.85. The molecule has 0 aromatic heterocycles. The van der Waals surface area contributed by atoms with Gasteiger partial charge in [0, 0.05) is 6.42 Å². The van der Waals surface area contributed by atoms with Crippen LogP contribution in [0.3, 0.4) is 0 Å². The van der Waals surface area contributed by atoms with Crippen LogP contribution < -0.4 is 0 Å². The third-order valence-electron chi connectivity index (χ3n) is 2.05. The van der Waals surface area contributed by atoms with Crippen molar-refractivity contribution in [3.63, 3.8) is 0 Å². The molecule has 1 unspecified atom stereocenters. The van der Waals surface area contributed by atoms with Gasteiger partial charge in [0.15, 0.2) is 0 Å². The van der Waals surface area contributed by atoms with Gasteiger partial charge in [-0.1, -0.05) is 30.8 Å². The van der Waals surface area contributed by atoms with Crippen molar-refractivity contribution >= 4 is 0 Å². The molecule has 1 atom stereocenters. The van der Waals surface area contributed by atoms with E-state index in [1.165, 1.54) is 12.8 Å². The van der Waals surface area contributed by atoms with Gasteiger partial charge < -0.3 is 5.11 Å². The smallest absolute Gasteiger partial charge is 0.0575 e. The molecule has 0 bridgehead atoms. The zero-order valence-electron chi connectivity index (χ0n) is 7.42.